The maximum atomic E-state index is 11.7. The molecule has 1 aromatic carbocycles. The molecule has 0 aromatic heterocycles. The quantitative estimate of drug-likeness (QED) is 0.799. The van der Waals surface area contributed by atoms with Gasteiger partial charge in [0.05, 0.1) is 8.95 Å². The molecule has 1 amide bonds. The van der Waals surface area contributed by atoms with E-state index in [9.17, 15) is 9.59 Å². The fraction of sp³-hybridized carbons (Fsp3) is 0.385. The molecule has 0 aliphatic heterocycles. The lowest BCUT2D eigenvalue weighted by molar-refractivity contribution is -0.124. The van der Waals surface area contributed by atoms with E-state index >= 15 is 0 Å². The lowest BCUT2D eigenvalue weighted by atomic mass is 10.1. The minimum atomic E-state index is -0.295. The van der Waals surface area contributed by atoms with Crippen LogP contribution in [0, 0.1) is 0 Å². The highest BCUT2D eigenvalue weighted by atomic mass is 79.9. The number of ether oxygens (including phenoxy) is 1. The standard InChI is InChI=1S/C13H15Br2NO3/c1-13(2,3)16-11(18)7-19-12-9(14)4-8(6-17)5-10(12)15/h4-6H,7H2,1-3H3,(H,16,18). The summed E-state index contributed by atoms with van der Waals surface area (Å²) in [5.74, 6) is 0.292. The number of carbonyl (C=O) groups is 2. The van der Waals surface area contributed by atoms with Gasteiger partial charge in [-0.25, -0.2) is 0 Å². The molecule has 1 rings (SSSR count). The number of hydrogen-bond donors (Lipinski definition) is 1. The molecule has 0 heterocycles. The Morgan fingerprint density at radius 1 is 1.32 bits per heavy atom. The summed E-state index contributed by atoms with van der Waals surface area (Å²) in [4.78, 5) is 22.4. The smallest absolute Gasteiger partial charge is 0.258 e. The lowest BCUT2D eigenvalue weighted by Crippen LogP contribution is -2.43. The van der Waals surface area contributed by atoms with E-state index < -0.39 is 0 Å². The molecule has 0 saturated carbocycles. The second kappa shape index (κ2) is 6.52. The molecule has 0 aliphatic rings. The first-order valence-electron chi connectivity index (χ1n) is 5.61. The van der Waals surface area contributed by atoms with Gasteiger partial charge in [-0.3, -0.25) is 9.59 Å². The first kappa shape index (κ1) is 16.2. The van der Waals surface area contributed by atoms with E-state index in [2.05, 4.69) is 37.2 Å². The summed E-state index contributed by atoms with van der Waals surface area (Å²) in [6.07, 6.45) is 0.742. The van der Waals surface area contributed by atoms with E-state index in [1.807, 2.05) is 20.8 Å². The third-order valence-corrected chi connectivity index (χ3v) is 3.20. The Morgan fingerprint density at radius 3 is 2.26 bits per heavy atom. The molecule has 1 N–H and O–H groups in total. The summed E-state index contributed by atoms with van der Waals surface area (Å²) in [5.41, 5.74) is 0.223. The van der Waals surface area contributed by atoms with Crippen LogP contribution in [-0.2, 0) is 4.79 Å². The molecule has 1 aromatic rings. The number of hydrogen-bond acceptors (Lipinski definition) is 3. The van der Waals surface area contributed by atoms with Crippen LogP contribution >= 0.6 is 31.9 Å². The number of benzene rings is 1. The lowest BCUT2D eigenvalue weighted by Gasteiger charge is -2.20. The normalized spacial score (nSPS) is 11.0. The van der Waals surface area contributed by atoms with Gasteiger partial charge >= 0.3 is 0 Å². The molecule has 19 heavy (non-hydrogen) atoms. The Labute approximate surface area is 129 Å². The summed E-state index contributed by atoms with van der Waals surface area (Å²) >= 11 is 6.61. The van der Waals surface area contributed by atoms with Gasteiger partial charge < -0.3 is 10.1 Å². The van der Waals surface area contributed by atoms with E-state index in [1.54, 1.807) is 12.1 Å². The van der Waals surface area contributed by atoms with Crippen LogP contribution in [0.25, 0.3) is 0 Å². The second-order valence-corrected chi connectivity index (χ2v) is 6.73. The van der Waals surface area contributed by atoms with Gasteiger partial charge in [0.1, 0.15) is 12.0 Å². The molecular weight excluding hydrogens is 378 g/mol. The van der Waals surface area contributed by atoms with Crippen molar-refractivity contribution in [2.24, 2.45) is 0 Å². The zero-order valence-electron chi connectivity index (χ0n) is 10.9. The Bertz CT molecular complexity index is 472. The van der Waals surface area contributed by atoms with E-state index in [0.29, 0.717) is 20.3 Å². The van der Waals surface area contributed by atoms with Gasteiger partial charge in [-0.15, -0.1) is 0 Å². The molecule has 0 bridgehead atoms. The Balaban J connectivity index is 2.73. The van der Waals surface area contributed by atoms with Gasteiger partial charge in [0.25, 0.3) is 5.91 Å². The van der Waals surface area contributed by atoms with E-state index in [1.165, 1.54) is 0 Å². The molecule has 0 radical (unpaired) electrons. The van der Waals surface area contributed by atoms with E-state index in [4.69, 9.17) is 4.74 Å². The van der Waals surface area contributed by atoms with Gasteiger partial charge in [0.2, 0.25) is 0 Å². The number of carbonyl (C=O) groups excluding carboxylic acids is 2. The van der Waals surface area contributed by atoms with Crippen LogP contribution in [0.5, 0.6) is 5.75 Å². The van der Waals surface area contributed by atoms with Gasteiger partial charge in [-0.05, 0) is 64.8 Å². The van der Waals surface area contributed by atoms with E-state index in [-0.39, 0.29) is 18.1 Å². The van der Waals surface area contributed by atoms with Crippen LogP contribution in [0.4, 0.5) is 0 Å². The fourth-order valence-electron chi connectivity index (χ4n) is 1.38. The van der Waals surface area contributed by atoms with Gasteiger partial charge in [-0.2, -0.15) is 0 Å². The van der Waals surface area contributed by atoms with Crippen molar-refractivity contribution >= 4 is 44.1 Å². The van der Waals surface area contributed by atoms with Crippen molar-refractivity contribution in [3.8, 4) is 5.75 Å². The fourth-order valence-corrected chi connectivity index (χ4v) is 2.83. The highest BCUT2D eigenvalue weighted by molar-refractivity contribution is 9.11. The summed E-state index contributed by atoms with van der Waals surface area (Å²) in [7, 11) is 0. The van der Waals surface area contributed by atoms with Crippen molar-refractivity contribution in [2.45, 2.75) is 26.3 Å². The molecule has 0 saturated heterocycles. The van der Waals surface area contributed by atoms with Crippen LogP contribution < -0.4 is 10.1 Å². The summed E-state index contributed by atoms with van der Waals surface area (Å²) < 4.78 is 6.69. The molecule has 0 unspecified atom stereocenters. The maximum Gasteiger partial charge on any atom is 0.258 e. The van der Waals surface area contributed by atoms with Crippen LogP contribution in [0.2, 0.25) is 0 Å². The molecule has 104 valence electrons. The molecular formula is C13H15Br2NO3. The second-order valence-electron chi connectivity index (χ2n) is 5.02. The van der Waals surface area contributed by atoms with E-state index in [0.717, 1.165) is 6.29 Å². The molecule has 0 fully saturated rings. The molecule has 6 heteroatoms. The third-order valence-electron chi connectivity index (χ3n) is 2.02. The van der Waals surface area contributed by atoms with Crippen LogP contribution in [0.3, 0.4) is 0 Å². The van der Waals surface area contributed by atoms with Gasteiger partial charge in [-0.1, -0.05) is 0 Å². The first-order chi connectivity index (χ1) is 8.73. The zero-order chi connectivity index (χ0) is 14.6. The van der Waals surface area contributed by atoms with Crippen molar-refractivity contribution in [1.82, 2.24) is 5.32 Å². The number of amides is 1. The maximum absolute atomic E-state index is 11.7. The Morgan fingerprint density at radius 2 is 1.84 bits per heavy atom. The highest BCUT2D eigenvalue weighted by Gasteiger charge is 2.15. The van der Waals surface area contributed by atoms with Crippen molar-refractivity contribution < 1.29 is 14.3 Å². The zero-order valence-corrected chi connectivity index (χ0v) is 14.1. The SMILES string of the molecule is CC(C)(C)NC(=O)COc1c(Br)cc(C=O)cc1Br. The summed E-state index contributed by atoms with van der Waals surface area (Å²) in [6, 6.07) is 3.27. The van der Waals surface area contributed by atoms with Crippen LogP contribution in [0.15, 0.2) is 21.1 Å². The molecule has 0 atom stereocenters. The number of aldehydes is 1. The largest absolute Gasteiger partial charge is 0.481 e. The Hall–Kier alpha value is -0.880. The summed E-state index contributed by atoms with van der Waals surface area (Å²) in [6.45, 7) is 5.61. The van der Waals surface area contributed by atoms with Crippen molar-refractivity contribution in [3.05, 3.63) is 26.6 Å². The molecule has 0 aliphatic carbocycles. The number of halogens is 2. The predicted octanol–water partition coefficient (Wildman–Crippen LogP) is 3.32. The summed E-state index contributed by atoms with van der Waals surface area (Å²) in [5, 5.41) is 2.80. The molecule has 4 nitrogen and oxygen atoms in total. The number of rotatable bonds is 4. The first-order valence-corrected chi connectivity index (χ1v) is 7.19. The van der Waals surface area contributed by atoms with Crippen LogP contribution in [0.1, 0.15) is 31.1 Å². The topological polar surface area (TPSA) is 55.4 Å². The molecule has 0 spiro atoms. The monoisotopic (exact) mass is 391 g/mol. The van der Waals surface area contributed by atoms with Gasteiger partial charge in [0.15, 0.2) is 6.61 Å². The van der Waals surface area contributed by atoms with Gasteiger partial charge in [0, 0.05) is 11.1 Å². The van der Waals surface area contributed by atoms with Crippen molar-refractivity contribution in [3.63, 3.8) is 0 Å². The third kappa shape index (κ3) is 5.32. The highest BCUT2D eigenvalue weighted by Crippen LogP contribution is 2.34. The van der Waals surface area contributed by atoms with Crippen LogP contribution in [-0.4, -0.2) is 24.3 Å². The van der Waals surface area contributed by atoms with Crippen molar-refractivity contribution in [1.29, 1.82) is 0 Å². The van der Waals surface area contributed by atoms with Crippen molar-refractivity contribution in [2.75, 3.05) is 6.61 Å². The predicted molar refractivity (Wildman–Crippen MR) is 80.6 cm³/mol. The number of nitrogens with one attached hydrogen (secondary N) is 1. The average molecular weight is 393 g/mol. The minimum Gasteiger partial charge on any atom is -0.481 e. The average Bonchev–Trinajstić information content (AvgIpc) is 2.25. The minimum absolute atomic E-state index is 0.0884. The Kier molecular flexibility index (Phi) is 5.55.